The lowest BCUT2D eigenvalue weighted by Gasteiger charge is -2.22. The second-order valence-electron chi connectivity index (χ2n) is 5.49. The van der Waals surface area contributed by atoms with Gasteiger partial charge in [0.1, 0.15) is 11.9 Å². The van der Waals surface area contributed by atoms with Crippen LogP contribution in [-0.4, -0.2) is 39.6 Å². The maximum Gasteiger partial charge on any atom is 0.326 e. The molecular weight excluding hydrogens is 254 g/mol. The van der Waals surface area contributed by atoms with E-state index in [1.807, 2.05) is 55.6 Å². The van der Waals surface area contributed by atoms with Crippen molar-refractivity contribution in [2.75, 3.05) is 14.1 Å². The Bertz CT molecular complexity index is 646. The summed E-state index contributed by atoms with van der Waals surface area (Å²) in [7, 11) is 3.93. The average molecular weight is 275 g/mol. The molecule has 0 aliphatic heterocycles. The van der Waals surface area contributed by atoms with Gasteiger partial charge in [-0.05, 0) is 52.6 Å². The van der Waals surface area contributed by atoms with Crippen LogP contribution in [0.3, 0.4) is 0 Å². The van der Waals surface area contributed by atoms with E-state index in [2.05, 4.69) is 4.98 Å². The molecule has 0 aliphatic rings. The fraction of sp³-hybridized carbons (Fsp3) is 0.467. The van der Waals surface area contributed by atoms with Crippen LogP contribution in [-0.2, 0) is 4.79 Å². The van der Waals surface area contributed by atoms with Gasteiger partial charge >= 0.3 is 5.97 Å². The van der Waals surface area contributed by atoms with E-state index >= 15 is 0 Å². The molecule has 2 rings (SSSR count). The maximum absolute atomic E-state index is 11.4. The second-order valence-corrected chi connectivity index (χ2v) is 5.49. The Balaban J connectivity index is 2.71. The zero-order chi connectivity index (χ0) is 15.0. The quantitative estimate of drug-likeness (QED) is 0.932. The Morgan fingerprint density at radius 3 is 2.55 bits per heavy atom. The van der Waals surface area contributed by atoms with Crippen LogP contribution >= 0.6 is 0 Å². The highest BCUT2D eigenvalue weighted by Crippen LogP contribution is 2.27. The highest BCUT2D eigenvalue weighted by molar-refractivity contribution is 5.81. The van der Waals surface area contributed by atoms with E-state index in [0.29, 0.717) is 0 Å². The van der Waals surface area contributed by atoms with Gasteiger partial charge in [0.2, 0.25) is 0 Å². The van der Waals surface area contributed by atoms with Crippen molar-refractivity contribution < 1.29 is 9.90 Å². The molecule has 0 spiro atoms. The molecule has 1 N–H and O–H groups in total. The first-order valence-corrected chi connectivity index (χ1v) is 6.70. The number of imidazole rings is 1. The summed E-state index contributed by atoms with van der Waals surface area (Å²) in [6.07, 6.45) is 0. The van der Waals surface area contributed by atoms with Crippen LogP contribution in [0.15, 0.2) is 18.2 Å². The van der Waals surface area contributed by atoms with Crippen molar-refractivity contribution in [1.82, 2.24) is 14.5 Å². The van der Waals surface area contributed by atoms with Gasteiger partial charge in [-0.3, -0.25) is 4.90 Å². The predicted molar refractivity (Wildman–Crippen MR) is 78.9 cm³/mol. The summed E-state index contributed by atoms with van der Waals surface area (Å²) in [5.41, 5.74) is 2.84. The first-order chi connectivity index (χ1) is 9.32. The molecule has 1 aromatic carbocycles. The Morgan fingerprint density at radius 2 is 2.00 bits per heavy atom. The molecule has 1 heterocycles. The van der Waals surface area contributed by atoms with E-state index in [9.17, 15) is 9.90 Å². The van der Waals surface area contributed by atoms with Gasteiger partial charge < -0.3 is 9.67 Å². The molecule has 20 heavy (non-hydrogen) atoms. The summed E-state index contributed by atoms with van der Waals surface area (Å²) < 4.78 is 1.82. The van der Waals surface area contributed by atoms with E-state index in [4.69, 9.17) is 0 Å². The molecule has 5 nitrogen and oxygen atoms in total. The van der Waals surface area contributed by atoms with Crippen LogP contribution in [0.1, 0.15) is 37.3 Å². The molecule has 0 bridgehead atoms. The monoisotopic (exact) mass is 275 g/mol. The molecular formula is C15H21N3O2. The molecule has 0 saturated heterocycles. The topological polar surface area (TPSA) is 58.4 Å². The van der Waals surface area contributed by atoms with Crippen molar-refractivity contribution in [3.05, 3.63) is 29.6 Å². The molecule has 5 heteroatoms. The van der Waals surface area contributed by atoms with Crippen LogP contribution in [0.2, 0.25) is 0 Å². The lowest BCUT2D eigenvalue weighted by molar-refractivity contribution is -0.140. The molecule has 0 amide bonds. The van der Waals surface area contributed by atoms with Gasteiger partial charge in [0.05, 0.1) is 17.1 Å². The van der Waals surface area contributed by atoms with Crippen LogP contribution in [0.5, 0.6) is 0 Å². The molecule has 0 saturated carbocycles. The molecule has 1 aromatic heterocycles. The van der Waals surface area contributed by atoms with Gasteiger partial charge in [0.15, 0.2) is 0 Å². The summed E-state index contributed by atoms with van der Waals surface area (Å²) in [4.78, 5) is 18.1. The molecule has 0 fully saturated rings. The van der Waals surface area contributed by atoms with Crippen LogP contribution in [0.4, 0.5) is 0 Å². The number of nitrogens with zero attached hydrogens (tertiary/aromatic N) is 3. The van der Waals surface area contributed by atoms with Gasteiger partial charge in [-0.2, -0.15) is 0 Å². The highest BCUT2D eigenvalue weighted by Gasteiger charge is 2.24. The Labute approximate surface area is 118 Å². The van der Waals surface area contributed by atoms with Gasteiger partial charge in [-0.15, -0.1) is 0 Å². The maximum atomic E-state index is 11.4. The van der Waals surface area contributed by atoms with Gasteiger partial charge in [0, 0.05) is 0 Å². The molecule has 0 aliphatic carbocycles. The summed E-state index contributed by atoms with van der Waals surface area (Å²) in [5, 5.41) is 9.35. The number of hydrogen-bond donors (Lipinski definition) is 1. The number of aryl methyl sites for hydroxylation is 1. The van der Waals surface area contributed by atoms with Crippen molar-refractivity contribution in [3.63, 3.8) is 0 Å². The molecule has 108 valence electrons. The van der Waals surface area contributed by atoms with Crippen molar-refractivity contribution in [3.8, 4) is 0 Å². The lowest BCUT2D eigenvalue weighted by Crippen LogP contribution is -2.24. The van der Waals surface area contributed by atoms with E-state index in [1.165, 1.54) is 0 Å². The number of aliphatic carboxylic acids is 1. The third-order valence-electron chi connectivity index (χ3n) is 3.77. The number of carboxylic acids is 1. The van der Waals surface area contributed by atoms with Crippen molar-refractivity contribution in [1.29, 1.82) is 0 Å². The minimum Gasteiger partial charge on any atom is -0.480 e. The fourth-order valence-electron chi connectivity index (χ4n) is 2.27. The van der Waals surface area contributed by atoms with Crippen LogP contribution < -0.4 is 0 Å². The highest BCUT2D eigenvalue weighted by atomic mass is 16.4. The smallest absolute Gasteiger partial charge is 0.326 e. The van der Waals surface area contributed by atoms with E-state index < -0.39 is 12.0 Å². The standard InChI is InChI=1S/C15H21N3O2/c1-9-6-7-13-12(8-9)16-14(10(2)17(4)5)18(13)11(3)15(19)20/h6-8,10-11H,1-5H3,(H,19,20). The summed E-state index contributed by atoms with van der Waals surface area (Å²) in [6.45, 7) is 5.72. The Morgan fingerprint density at radius 1 is 1.35 bits per heavy atom. The zero-order valence-electron chi connectivity index (χ0n) is 12.6. The molecule has 2 unspecified atom stereocenters. The number of fused-ring (bicyclic) bond motifs is 1. The number of rotatable bonds is 4. The summed E-state index contributed by atoms with van der Waals surface area (Å²) in [6, 6.07) is 5.33. The van der Waals surface area contributed by atoms with Crippen molar-refractivity contribution in [2.24, 2.45) is 0 Å². The Hall–Kier alpha value is -1.88. The number of aromatic nitrogens is 2. The van der Waals surface area contributed by atoms with Crippen molar-refractivity contribution >= 4 is 17.0 Å². The third kappa shape index (κ3) is 2.41. The number of carbonyl (C=O) groups is 1. The summed E-state index contributed by atoms with van der Waals surface area (Å²) in [5.74, 6) is -0.0671. The third-order valence-corrected chi connectivity index (χ3v) is 3.77. The minimum absolute atomic E-state index is 0.0458. The van der Waals surface area contributed by atoms with E-state index in [0.717, 1.165) is 22.4 Å². The fourth-order valence-corrected chi connectivity index (χ4v) is 2.27. The molecule has 0 radical (unpaired) electrons. The summed E-state index contributed by atoms with van der Waals surface area (Å²) >= 11 is 0. The van der Waals surface area contributed by atoms with E-state index in [-0.39, 0.29) is 6.04 Å². The average Bonchev–Trinajstić information content (AvgIpc) is 2.74. The molecule has 2 atom stereocenters. The van der Waals surface area contributed by atoms with Crippen molar-refractivity contribution in [2.45, 2.75) is 32.9 Å². The number of benzene rings is 1. The lowest BCUT2D eigenvalue weighted by atomic mass is 10.2. The first-order valence-electron chi connectivity index (χ1n) is 6.70. The second kappa shape index (κ2) is 5.25. The van der Waals surface area contributed by atoms with Crippen LogP contribution in [0, 0.1) is 6.92 Å². The number of hydrogen-bond acceptors (Lipinski definition) is 3. The van der Waals surface area contributed by atoms with E-state index in [1.54, 1.807) is 6.92 Å². The SMILES string of the molecule is Cc1ccc2c(c1)nc(C(C)N(C)C)n2C(C)C(=O)O. The number of carboxylic acid groups (broad SMARTS) is 1. The van der Waals surface area contributed by atoms with Gasteiger partial charge in [-0.25, -0.2) is 9.78 Å². The van der Waals surface area contributed by atoms with Gasteiger partial charge in [-0.1, -0.05) is 6.07 Å². The minimum atomic E-state index is -0.850. The largest absolute Gasteiger partial charge is 0.480 e. The van der Waals surface area contributed by atoms with Crippen LogP contribution in [0.25, 0.3) is 11.0 Å². The predicted octanol–water partition coefficient (Wildman–Crippen LogP) is 2.61. The first kappa shape index (κ1) is 14.5. The normalized spacial score (nSPS) is 14.7. The zero-order valence-corrected chi connectivity index (χ0v) is 12.6. The Kier molecular flexibility index (Phi) is 3.81. The molecule has 2 aromatic rings. The van der Waals surface area contributed by atoms with Gasteiger partial charge in [0.25, 0.3) is 0 Å².